The molecule has 1 aromatic heterocycles. The van der Waals surface area contributed by atoms with Crippen LogP contribution in [-0.4, -0.2) is 9.97 Å². The van der Waals surface area contributed by atoms with Crippen LogP contribution in [0, 0.1) is 11.3 Å². The molecule has 0 bridgehead atoms. The van der Waals surface area contributed by atoms with E-state index in [9.17, 15) is 0 Å². The highest BCUT2D eigenvalue weighted by molar-refractivity contribution is 6.08. The van der Waals surface area contributed by atoms with E-state index in [0.29, 0.717) is 5.56 Å². The van der Waals surface area contributed by atoms with Crippen LogP contribution in [-0.2, 0) is 0 Å². The fourth-order valence-electron chi connectivity index (χ4n) is 5.33. The van der Waals surface area contributed by atoms with Crippen molar-refractivity contribution in [2.75, 3.05) is 0 Å². The zero-order chi connectivity index (χ0) is 26.9. The molecule has 0 N–H and O–H groups in total. The third-order valence-corrected chi connectivity index (χ3v) is 7.36. The lowest BCUT2D eigenvalue weighted by atomic mass is 9.92. The summed E-state index contributed by atoms with van der Waals surface area (Å²) in [5.41, 5.74) is 9.15. The fourth-order valence-corrected chi connectivity index (χ4v) is 5.33. The van der Waals surface area contributed by atoms with Gasteiger partial charge >= 0.3 is 0 Å². The van der Waals surface area contributed by atoms with E-state index < -0.39 is 0 Å². The summed E-state index contributed by atoms with van der Waals surface area (Å²) in [7, 11) is 0. The largest absolute Gasteiger partial charge is 0.228 e. The molecular formula is C37H23N3. The second-order valence-corrected chi connectivity index (χ2v) is 9.75. The topological polar surface area (TPSA) is 49.6 Å². The highest BCUT2D eigenvalue weighted by atomic mass is 14.9. The Morgan fingerprint density at radius 1 is 0.425 bits per heavy atom. The molecule has 0 radical (unpaired) electrons. The first kappa shape index (κ1) is 23.5. The maximum absolute atomic E-state index is 9.10. The van der Waals surface area contributed by atoms with E-state index in [4.69, 9.17) is 15.2 Å². The van der Waals surface area contributed by atoms with Crippen LogP contribution in [0.1, 0.15) is 5.56 Å². The van der Waals surface area contributed by atoms with Crippen molar-refractivity contribution >= 4 is 21.7 Å². The summed E-state index contributed by atoms with van der Waals surface area (Å²) in [4.78, 5) is 10.0. The maximum Gasteiger partial charge on any atom is 0.160 e. The molecule has 7 rings (SSSR count). The fraction of sp³-hybridized carbons (Fsp3) is 0. The zero-order valence-electron chi connectivity index (χ0n) is 21.6. The van der Waals surface area contributed by atoms with Crippen molar-refractivity contribution in [2.24, 2.45) is 0 Å². The smallest absolute Gasteiger partial charge is 0.160 e. The van der Waals surface area contributed by atoms with Gasteiger partial charge in [0.1, 0.15) is 0 Å². The van der Waals surface area contributed by atoms with Crippen LogP contribution >= 0.6 is 0 Å². The molecule has 3 heteroatoms. The molecule has 0 saturated heterocycles. The van der Waals surface area contributed by atoms with Crippen LogP contribution in [0.4, 0.5) is 0 Å². The first-order valence-electron chi connectivity index (χ1n) is 13.2. The predicted octanol–water partition coefficient (Wildman–Crippen LogP) is 9.32. The van der Waals surface area contributed by atoms with Gasteiger partial charge in [-0.25, -0.2) is 9.97 Å². The van der Waals surface area contributed by atoms with Crippen molar-refractivity contribution in [3.05, 3.63) is 145 Å². The molecule has 0 saturated carbocycles. The summed E-state index contributed by atoms with van der Waals surface area (Å²) >= 11 is 0. The molecule has 0 amide bonds. The molecule has 0 aliphatic heterocycles. The van der Waals surface area contributed by atoms with E-state index in [-0.39, 0.29) is 0 Å². The highest BCUT2D eigenvalue weighted by Gasteiger charge is 2.15. The van der Waals surface area contributed by atoms with E-state index in [1.54, 1.807) is 0 Å². The van der Waals surface area contributed by atoms with Gasteiger partial charge in [-0.05, 0) is 51.2 Å². The number of rotatable bonds is 4. The molecule has 3 nitrogen and oxygen atoms in total. The van der Waals surface area contributed by atoms with Gasteiger partial charge in [-0.3, -0.25) is 0 Å². The van der Waals surface area contributed by atoms with Gasteiger partial charge in [0.15, 0.2) is 5.82 Å². The molecule has 0 spiro atoms. The number of nitriles is 1. The monoisotopic (exact) mass is 509 g/mol. The third-order valence-electron chi connectivity index (χ3n) is 7.36. The molecule has 0 aliphatic rings. The summed E-state index contributed by atoms with van der Waals surface area (Å²) < 4.78 is 0. The van der Waals surface area contributed by atoms with E-state index in [0.717, 1.165) is 55.6 Å². The Kier molecular flexibility index (Phi) is 5.85. The minimum Gasteiger partial charge on any atom is -0.228 e. The van der Waals surface area contributed by atoms with E-state index in [1.165, 1.54) is 10.9 Å². The predicted molar refractivity (Wildman–Crippen MR) is 164 cm³/mol. The summed E-state index contributed by atoms with van der Waals surface area (Å²) in [6.07, 6.45) is 0. The summed E-state index contributed by atoms with van der Waals surface area (Å²) in [6, 6.07) is 49.8. The number of para-hydroxylation sites is 1. The van der Waals surface area contributed by atoms with Crippen molar-refractivity contribution in [2.45, 2.75) is 0 Å². The van der Waals surface area contributed by atoms with Crippen molar-refractivity contribution in [1.82, 2.24) is 9.97 Å². The molecule has 6 aromatic carbocycles. The maximum atomic E-state index is 9.10. The van der Waals surface area contributed by atoms with Crippen molar-refractivity contribution in [3.8, 4) is 51.0 Å². The van der Waals surface area contributed by atoms with E-state index in [2.05, 4.69) is 91.0 Å². The Morgan fingerprint density at radius 2 is 0.975 bits per heavy atom. The van der Waals surface area contributed by atoms with E-state index in [1.807, 2.05) is 54.6 Å². The standard InChI is InChI=1S/C37H23N3/c38-24-25-14-16-26(17-15-25)27-18-20-28(21-19-27)30-22-23-33(32-11-5-4-10-31(30)32)36-34-12-6-7-13-35(34)39-37(40-36)29-8-2-1-3-9-29/h1-23H. The van der Waals surface area contributed by atoms with Gasteiger partial charge in [0.25, 0.3) is 0 Å². The lowest BCUT2D eigenvalue weighted by molar-refractivity contribution is 1.23. The zero-order valence-corrected chi connectivity index (χ0v) is 21.6. The molecule has 40 heavy (non-hydrogen) atoms. The minimum absolute atomic E-state index is 0.666. The second kappa shape index (κ2) is 9.94. The summed E-state index contributed by atoms with van der Waals surface area (Å²) in [5, 5.41) is 12.5. The molecular weight excluding hydrogens is 486 g/mol. The van der Waals surface area contributed by atoms with Gasteiger partial charge in [-0.15, -0.1) is 0 Å². The number of fused-ring (bicyclic) bond motifs is 2. The minimum atomic E-state index is 0.666. The molecule has 186 valence electrons. The van der Waals surface area contributed by atoms with Crippen LogP contribution in [0.5, 0.6) is 0 Å². The molecule has 0 unspecified atom stereocenters. The average molecular weight is 510 g/mol. The molecule has 1 heterocycles. The van der Waals surface area contributed by atoms with Gasteiger partial charge in [-0.1, -0.05) is 121 Å². The van der Waals surface area contributed by atoms with Gasteiger partial charge in [0.05, 0.1) is 22.8 Å². The lowest BCUT2D eigenvalue weighted by Gasteiger charge is -2.14. The van der Waals surface area contributed by atoms with E-state index >= 15 is 0 Å². The Hall–Kier alpha value is -5.59. The van der Waals surface area contributed by atoms with Crippen molar-refractivity contribution in [3.63, 3.8) is 0 Å². The van der Waals surface area contributed by atoms with Crippen LogP contribution in [0.2, 0.25) is 0 Å². The molecule has 0 atom stereocenters. The highest BCUT2D eigenvalue weighted by Crippen LogP contribution is 2.38. The first-order valence-corrected chi connectivity index (χ1v) is 13.2. The average Bonchev–Trinajstić information content (AvgIpc) is 3.04. The number of nitrogens with zero attached hydrogens (tertiary/aromatic N) is 3. The molecule has 0 aliphatic carbocycles. The molecule has 0 fully saturated rings. The van der Waals surface area contributed by atoms with Crippen molar-refractivity contribution in [1.29, 1.82) is 5.26 Å². The van der Waals surface area contributed by atoms with Crippen LogP contribution < -0.4 is 0 Å². The number of hydrogen-bond donors (Lipinski definition) is 0. The first-order chi connectivity index (χ1) is 19.8. The molecule has 7 aromatic rings. The Labute approximate surface area is 232 Å². The normalized spacial score (nSPS) is 11.0. The Bertz CT molecular complexity index is 2040. The summed E-state index contributed by atoms with van der Waals surface area (Å²) in [5.74, 6) is 0.723. The third kappa shape index (κ3) is 4.18. The van der Waals surface area contributed by atoms with Crippen molar-refractivity contribution < 1.29 is 0 Å². The van der Waals surface area contributed by atoms with Gasteiger partial charge in [-0.2, -0.15) is 5.26 Å². The number of aromatic nitrogens is 2. The number of benzene rings is 6. The second-order valence-electron chi connectivity index (χ2n) is 9.75. The van der Waals surface area contributed by atoms with Crippen LogP contribution in [0.15, 0.2) is 140 Å². The van der Waals surface area contributed by atoms with Gasteiger partial charge < -0.3 is 0 Å². The Balaban J connectivity index is 1.36. The van der Waals surface area contributed by atoms with Gasteiger partial charge in [0, 0.05) is 16.5 Å². The quantitative estimate of drug-likeness (QED) is 0.237. The van der Waals surface area contributed by atoms with Crippen LogP contribution in [0.3, 0.4) is 0 Å². The van der Waals surface area contributed by atoms with Gasteiger partial charge in [0.2, 0.25) is 0 Å². The van der Waals surface area contributed by atoms with Crippen LogP contribution in [0.25, 0.3) is 66.6 Å². The Morgan fingerprint density at radius 3 is 1.68 bits per heavy atom. The summed E-state index contributed by atoms with van der Waals surface area (Å²) in [6.45, 7) is 0. The SMILES string of the molecule is N#Cc1ccc(-c2ccc(-c3ccc(-c4nc(-c5ccccc5)nc5ccccc45)c4ccccc34)cc2)cc1. The lowest BCUT2D eigenvalue weighted by Crippen LogP contribution is -1.96. The number of hydrogen-bond acceptors (Lipinski definition) is 3.